The molecule has 2 unspecified atom stereocenters. The van der Waals surface area contributed by atoms with Gasteiger partial charge >= 0.3 is 14.5 Å². The number of aromatic amines is 1. The van der Waals surface area contributed by atoms with Crippen LogP contribution in [0.25, 0.3) is 22.2 Å². The summed E-state index contributed by atoms with van der Waals surface area (Å²) in [6.07, 6.45) is -2.13. The highest BCUT2D eigenvalue weighted by Crippen LogP contribution is 2.56. The normalized spacial score (nSPS) is 37.9. The Bertz CT molecular complexity index is 2030. The van der Waals surface area contributed by atoms with Crippen LogP contribution in [-0.2, 0) is 43.9 Å². The van der Waals surface area contributed by atoms with Crippen LogP contribution in [0.2, 0.25) is 0 Å². The Morgan fingerprint density at radius 1 is 1.15 bits per heavy atom. The molecule has 3 fully saturated rings. The van der Waals surface area contributed by atoms with Crippen LogP contribution < -0.4 is 11.3 Å². The van der Waals surface area contributed by atoms with Crippen LogP contribution in [0.5, 0.6) is 0 Å². The minimum atomic E-state index is -5.06. The Morgan fingerprint density at radius 3 is 2.69 bits per heavy atom. The highest BCUT2D eigenvalue weighted by molar-refractivity contribution is 8.07. The summed E-state index contributed by atoms with van der Waals surface area (Å²) in [4.78, 5) is 53.2. The minimum absolute atomic E-state index is 0.161. The number of H-pyrrole nitrogens is 1. The smallest absolute Gasteiger partial charge is 0.387 e. The van der Waals surface area contributed by atoms with E-state index < -0.39 is 92.7 Å². The molecule has 7 rings (SSSR count). The van der Waals surface area contributed by atoms with Crippen molar-refractivity contribution >= 4 is 54.4 Å². The molecule has 4 aromatic rings. The molecular formula is C25H31FN8O11P2S. The topological polar surface area (TPSA) is 253 Å². The number of fused-ring (bicyclic) bond motifs is 5. The number of nitrogens with one attached hydrogen (secondary N) is 1. The highest BCUT2D eigenvalue weighted by Gasteiger charge is 2.56. The lowest BCUT2D eigenvalue weighted by molar-refractivity contribution is -0.119. The lowest BCUT2D eigenvalue weighted by Gasteiger charge is -2.35. The molecule has 0 aliphatic carbocycles. The number of nitrogens with zero attached hydrogens (tertiary/aromatic N) is 6. The lowest BCUT2D eigenvalue weighted by atomic mass is 9.80. The van der Waals surface area contributed by atoms with E-state index in [1.165, 1.54) is 12.7 Å². The molecule has 3 saturated heterocycles. The fraction of sp³-hybridized carbons (Fsp3) is 0.560. The van der Waals surface area contributed by atoms with Crippen molar-refractivity contribution in [3.8, 4) is 0 Å². The van der Waals surface area contributed by atoms with E-state index in [9.17, 15) is 28.6 Å². The molecule has 0 amide bonds. The molecular weight excluding hydrogens is 701 g/mol. The number of hydrogen-bond donors (Lipinski definition) is 5. The van der Waals surface area contributed by atoms with Gasteiger partial charge < -0.3 is 48.7 Å². The van der Waals surface area contributed by atoms with E-state index in [-0.39, 0.29) is 24.5 Å². The number of imidazole rings is 1. The molecule has 0 spiro atoms. The number of hydrogen-bond acceptors (Lipinski definition) is 15. The third-order valence-corrected chi connectivity index (χ3v) is 11.6. The minimum Gasteiger partial charge on any atom is -0.387 e. The van der Waals surface area contributed by atoms with Crippen LogP contribution in [0.4, 0.5) is 10.2 Å². The van der Waals surface area contributed by atoms with Crippen molar-refractivity contribution in [1.82, 2.24) is 34.1 Å². The Kier molecular flexibility index (Phi) is 8.58. The molecule has 48 heavy (non-hydrogen) atoms. The lowest BCUT2D eigenvalue weighted by Crippen LogP contribution is -2.43. The summed E-state index contributed by atoms with van der Waals surface area (Å²) in [5.74, 6) is -1.84. The molecule has 0 saturated carbocycles. The van der Waals surface area contributed by atoms with E-state index in [2.05, 4.69) is 24.9 Å². The van der Waals surface area contributed by atoms with Crippen molar-refractivity contribution in [2.45, 2.75) is 56.6 Å². The van der Waals surface area contributed by atoms with Gasteiger partial charge in [-0.05, 0) is 18.2 Å². The predicted molar refractivity (Wildman–Crippen MR) is 165 cm³/mol. The fourth-order valence-corrected chi connectivity index (χ4v) is 8.67. The van der Waals surface area contributed by atoms with Gasteiger partial charge in [-0.15, -0.1) is 0 Å². The molecule has 10 atom stereocenters. The average Bonchev–Trinajstić information content (AvgIpc) is 3.77. The third-order valence-electron chi connectivity index (χ3n) is 9.08. The van der Waals surface area contributed by atoms with Crippen LogP contribution in [0.1, 0.15) is 32.7 Å². The molecule has 3 aliphatic rings. The number of ether oxygens (including phenoxy) is 2. The molecule has 7 heterocycles. The van der Waals surface area contributed by atoms with E-state index in [1.54, 1.807) is 11.5 Å². The number of aliphatic hydroxyl groups excluding tert-OH is 1. The number of halogens is 1. The number of phosphoric acid groups is 1. The third kappa shape index (κ3) is 5.70. The number of aliphatic hydroxyl groups is 1. The van der Waals surface area contributed by atoms with Crippen molar-refractivity contribution in [3.05, 3.63) is 41.3 Å². The van der Waals surface area contributed by atoms with Gasteiger partial charge in [0.1, 0.15) is 41.8 Å². The molecule has 0 aromatic carbocycles. The first-order chi connectivity index (χ1) is 22.7. The summed E-state index contributed by atoms with van der Waals surface area (Å²) in [6.45, 7) is -1.69. The maximum atomic E-state index is 14.9. The van der Waals surface area contributed by atoms with E-state index in [0.29, 0.717) is 11.2 Å². The SMILES string of the molecule is CC[C@@]12COP(=O)(O)O[C@@H]3[C@H](O)[C@@H](COP(O)(=S)OC[C@H]1[C@@H](C)[C@H](n1cnc4c(N)ncnc41)O2)O[C@H]3n1cc(F)c2c(=O)[nH]cnc21. The van der Waals surface area contributed by atoms with Crippen LogP contribution in [-0.4, -0.2) is 92.7 Å². The number of anilines is 1. The van der Waals surface area contributed by atoms with Gasteiger partial charge in [0.05, 0.1) is 38.1 Å². The zero-order valence-corrected chi connectivity index (χ0v) is 27.8. The monoisotopic (exact) mass is 732 g/mol. The standard InChI is InChI=1S/C25H31FN8O11P2S/c1-3-25-7-42-46(37,38)45-18-17(35)14(43-24(18)33-4-13(26)15-20(33)29-9-31-22(15)36)6-41-47(39,48)40-5-12(25)11(2)23(44-25)34-10-32-16-19(27)28-8-30-21(16)34/h4,8-12,14,17-18,23-24,35H,3,5-7H2,1-2H3,(H,37,38)(H,39,48)(H2,27,28,30)(H,29,31,36)/t11-,12+,14-,17-,18-,23-,24-,25-,47?/m1/s1. The van der Waals surface area contributed by atoms with Crippen molar-refractivity contribution in [2.24, 2.45) is 11.8 Å². The zero-order valence-electron chi connectivity index (χ0n) is 25.2. The van der Waals surface area contributed by atoms with E-state index in [0.717, 1.165) is 17.1 Å². The summed E-state index contributed by atoms with van der Waals surface area (Å²) in [7, 11) is -5.06. The molecule has 0 radical (unpaired) electrons. The van der Waals surface area contributed by atoms with Crippen molar-refractivity contribution in [1.29, 1.82) is 0 Å². The summed E-state index contributed by atoms with van der Waals surface area (Å²) in [5, 5.41) is 10.8. The van der Waals surface area contributed by atoms with Crippen molar-refractivity contribution < 1.29 is 51.4 Å². The molecule has 23 heteroatoms. The van der Waals surface area contributed by atoms with Crippen LogP contribution in [0, 0.1) is 17.7 Å². The van der Waals surface area contributed by atoms with Gasteiger partial charge in [0.15, 0.2) is 29.2 Å². The van der Waals surface area contributed by atoms with Gasteiger partial charge in [0.2, 0.25) is 0 Å². The first kappa shape index (κ1) is 33.7. The molecule has 4 aromatic heterocycles. The number of aromatic nitrogens is 7. The van der Waals surface area contributed by atoms with E-state index in [1.807, 2.05) is 6.92 Å². The van der Waals surface area contributed by atoms with Gasteiger partial charge in [0.25, 0.3) is 5.56 Å². The first-order valence-corrected chi connectivity index (χ1v) is 18.8. The quantitative estimate of drug-likeness (QED) is 0.186. The van der Waals surface area contributed by atoms with Gasteiger partial charge in [-0.3, -0.25) is 18.4 Å². The Hall–Kier alpha value is -2.78. The Labute approximate surface area is 275 Å². The summed E-state index contributed by atoms with van der Waals surface area (Å²) >= 11 is 5.28. The van der Waals surface area contributed by atoms with Gasteiger partial charge in [0, 0.05) is 18.0 Å². The summed E-state index contributed by atoms with van der Waals surface area (Å²) in [5.41, 5.74) is 4.39. The fourth-order valence-electron chi connectivity index (χ4n) is 6.56. The molecule has 3 aliphatic heterocycles. The second-order valence-electron chi connectivity index (χ2n) is 11.7. The first-order valence-electron chi connectivity index (χ1n) is 14.7. The maximum Gasteiger partial charge on any atom is 0.472 e. The largest absolute Gasteiger partial charge is 0.472 e. The van der Waals surface area contributed by atoms with Crippen LogP contribution in [0.15, 0.2) is 30.0 Å². The van der Waals surface area contributed by atoms with E-state index >= 15 is 0 Å². The average molecular weight is 733 g/mol. The van der Waals surface area contributed by atoms with Gasteiger partial charge in [-0.2, -0.15) is 0 Å². The van der Waals surface area contributed by atoms with Gasteiger partial charge in [-0.1, -0.05) is 13.8 Å². The molecule has 19 nitrogen and oxygen atoms in total. The van der Waals surface area contributed by atoms with Gasteiger partial charge in [-0.25, -0.2) is 28.9 Å². The number of nitrogens with two attached hydrogens (primary N) is 1. The van der Waals surface area contributed by atoms with Crippen molar-refractivity contribution in [2.75, 3.05) is 25.6 Å². The summed E-state index contributed by atoms with van der Waals surface area (Å²) in [6, 6.07) is 0. The molecule has 260 valence electrons. The second kappa shape index (κ2) is 12.2. The Morgan fingerprint density at radius 2 is 1.92 bits per heavy atom. The highest BCUT2D eigenvalue weighted by atomic mass is 32.5. The van der Waals surface area contributed by atoms with Crippen LogP contribution in [0.3, 0.4) is 0 Å². The number of rotatable bonds is 3. The number of phosphoric ester groups is 1. The number of nitrogen functional groups attached to an aromatic ring is 1. The van der Waals surface area contributed by atoms with Crippen molar-refractivity contribution in [3.63, 3.8) is 0 Å². The second-order valence-corrected chi connectivity index (χ2v) is 16.0. The molecule has 2 bridgehead atoms. The van der Waals surface area contributed by atoms with Crippen LogP contribution >= 0.6 is 14.5 Å². The maximum absolute atomic E-state index is 14.9. The Balaban J connectivity index is 1.25. The summed E-state index contributed by atoms with van der Waals surface area (Å²) < 4.78 is 66.1. The zero-order chi connectivity index (χ0) is 34.2. The molecule has 6 N–H and O–H groups in total. The predicted octanol–water partition coefficient (Wildman–Crippen LogP) is 1.24. The van der Waals surface area contributed by atoms with E-state index in [4.69, 9.17) is 45.1 Å².